The third-order valence-electron chi connectivity index (χ3n) is 2.85. The molecular formula is C15H15NO2S. The Bertz CT molecular complexity index is 626. The van der Waals surface area contributed by atoms with Crippen molar-refractivity contribution in [1.29, 1.82) is 0 Å². The molecule has 1 aromatic carbocycles. The van der Waals surface area contributed by atoms with Crippen LogP contribution in [0.15, 0.2) is 24.3 Å². The molecule has 0 bridgehead atoms. The molecule has 0 radical (unpaired) electrons. The fraction of sp³-hybridized carbons (Fsp3) is 0.267. The molecule has 3 nitrogen and oxygen atoms in total. The lowest BCUT2D eigenvalue weighted by molar-refractivity contribution is 0.0896. The monoisotopic (exact) mass is 273 g/mol. The van der Waals surface area contributed by atoms with Crippen molar-refractivity contribution in [2.24, 2.45) is 0 Å². The number of Topliss-reactive ketones (excluding diaryl/α,β-unsaturated/α-hetero) is 2. The average Bonchev–Trinajstić information content (AvgIpc) is 2.69. The molecule has 98 valence electrons. The summed E-state index contributed by atoms with van der Waals surface area (Å²) < 4.78 is 0. The van der Waals surface area contributed by atoms with Gasteiger partial charge < -0.3 is 0 Å². The van der Waals surface area contributed by atoms with Crippen LogP contribution in [0.25, 0.3) is 0 Å². The number of rotatable bonds is 4. The number of benzene rings is 1. The minimum Gasteiger partial charge on any atom is -0.294 e. The van der Waals surface area contributed by atoms with Gasteiger partial charge in [-0.3, -0.25) is 9.59 Å². The summed E-state index contributed by atoms with van der Waals surface area (Å²) in [5.41, 5.74) is 2.39. The molecule has 0 aliphatic heterocycles. The molecule has 2 rings (SSSR count). The first-order valence-electron chi connectivity index (χ1n) is 6.04. The van der Waals surface area contributed by atoms with E-state index >= 15 is 0 Å². The van der Waals surface area contributed by atoms with Crippen LogP contribution in [0.2, 0.25) is 0 Å². The van der Waals surface area contributed by atoms with Crippen LogP contribution in [0.1, 0.15) is 42.7 Å². The normalized spacial score (nSPS) is 10.5. The Morgan fingerprint density at radius 1 is 1.05 bits per heavy atom. The van der Waals surface area contributed by atoms with E-state index in [1.165, 1.54) is 11.3 Å². The lowest BCUT2D eigenvalue weighted by Gasteiger charge is -2.01. The van der Waals surface area contributed by atoms with Crippen molar-refractivity contribution in [3.05, 3.63) is 51.0 Å². The first-order chi connectivity index (χ1) is 8.97. The predicted octanol–water partition coefficient (Wildman–Crippen LogP) is 3.52. The highest BCUT2D eigenvalue weighted by atomic mass is 32.1. The van der Waals surface area contributed by atoms with Gasteiger partial charge in [0.05, 0.1) is 22.0 Å². The van der Waals surface area contributed by atoms with Crippen LogP contribution >= 0.6 is 11.3 Å². The maximum atomic E-state index is 12.1. The van der Waals surface area contributed by atoms with E-state index in [9.17, 15) is 9.59 Å². The molecule has 1 aromatic heterocycles. The molecule has 0 atom stereocenters. The molecule has 0 aliphatic rings. The number of ketones is 2. The molecule has 0 fully saturated rings. The Hall–Kier alpha value is -1.81. The van der Waals surface area contributed by atoms with Gasteiger partial charge in [-0.2, -0.15) is 0 Å². The summed E-state index contributed by atoms with van der Waals surface area (Å²) in [6.07, 6.45) is -0.0917. The van der Waals surface area contributed by atoms with E-state index in [2.05, 4.69) is 4.98 Å². The number of hydrogen-bond donors (Lipinski definition) is 0. The Morgan fingerprint density at radius 3 is 2.21 bits per heavy atom. The lowest BCUT2D eigenvalue weighted by Crippen LogP contribution is -2.08. The number of carbonyl (C=O) groups excluding carboxylic acids is 2. The molecule has 1 heterocycles. The van der Waals surface area contributed by atoms with E-state index in [1.807, 2.05) is 26.0 Å². The zero-order valence-electron chi connectivity index (χ0n) is 11.2. The lowest BCUT2D eigenvalue weighted by atomic mass is 10.0. The molecule has 4 heteroatoms. The molecule has 2 aromatic rings. The minimum absolute atomic E-state index is 0.0917. The van der Waals surface area contributed by atoms with Gasteiger partial charge >= 0.3 is 0 Å². The van der Waals surface area contributed by atoms with Crippen LogP contribution in [0, 0.1) is 20.8 Å². The van der Waals surface area contributed by atoms with E-state index in [0.717, 1.165) is 10.6 Å². The van der Waals surface area contributed by atoms with E-state index < -0.39 is 0 Å². The Morgan fingerprint density at radius 2 is 1.68 bits per heavy atom. The number of aromatic nitrogens is 1. The van der Waals surface area contributed by atoms with Crippen molar-refractivity contribution in [3.63, 3.8) is 0 Å². The molecule has 0 unspecified atom stereocenters. The second kappa shape index (κ2) is 5.45. The molecule has 0 spiro atoms. The number of aryl methyl sites for hydroxylation is 3. The van der Waals surface area contributed by atoms with Crippen LogP contribution < -0.4 is 0 Å². The Balaban J connectivity index is 2.13. The van der Waals surface area contributed by atoms with Crippen molar-refractivity contribution in [3.8, 4) is 0 Å². The van der Waals surface area contributed by atoms with E-state index in [-0.39, 0.29) is 18.0 Å². The zero-order valence-corrected chi connectivity index (χ0v) is 12.0. The van der Waals surface area contributed by atoms with Crippen LogP contribution in [0.5, 0.6) is 0 Å². The van der Waals surface area contributed by atoms with Crippen LogP contribution in [0.3, 0.4) is 0 Å². The van der Waals surface area contributed by atoms with Crippen molar-refractivity contribution in [1.82, 2.24) is 4.98 Å². The topological polar surface area (TPSA) is 47.0 Å². The summed E-state index contributed by atoms with van der Waals surface area (Å²) in [5, 5.41) is 0.851. The fourth-order valence-corrected chi connectivity index (χ4v) is 2.71. The maximum absolute atomic E-state index is 12.1. The van der Waals surface area contributed by atoms with Gasteiger partial charge in [-0.05, 0) is 20.8 Å². The summed E-state index contributed by atoms with van der Waals surface area (Å²) in [4.78, 5) is 28.9. The summed E-state index contributed by atoms with van der Waals surface area (Å²) in [6, 6.07) is 7.27. The number of hydrogen-bond acceptors (Lipinski definition) is 4. The molecule has 19 heavy (non-hydrogen) atoms. The van der Waals surface area contributed by atoms with E-state index in [1.54, 1.807) is 19.1 Å². The van der Waals surface area contributed by atoms with Gasteiger partial charge in [0.25, 0.3) is 0 Å². The highest BCUT2D eigenvalue weighted by Gasteiger charge is 2.18. The summed E-state index contributed by atoms with van der Waals surface area (Å²) in [5.74, 6) is -0.288. The molecule has 0 aliphatic carbocycles. The summed E-state index contributed by atoms with van der Waals surface area (Å²) in [7, 11) is 0. The number of carbonyl (C=O) groups is 2. The van der Waals surface area contributed by atoms with Crippen LogP contribution in [-0.4, -0.2) is 16.6 Å². The summed E-state index contributed by atoms with van der Waals surface area (Å²) >= 11 is 1.35. The first kappa shape index (κ1) is 13.6. The predicted molar refractivity (Wildman–Crippen MR) is 76.0 cm³/mol. The van der Waals surface area contributed by atoms with Crippen LogP contribution in [0.4, 0.5) is 0 Å². The van der Waals surface area contributed by atoms with Gasteiger partial charge in [0, 0.05) is 5.56 Å². The Labute approximate surface area is 116 Å². The molecule has 0 saturated carbocycles. The minimum atomic E-state index is -0.145. The third kappa shape index (κ3) is 3.15. The fourth-order valence-electron chi connectivity index (χ4n) is 1.86. The number of thiazole rings is 1. The Kier molecular flexibility index (Phi) is 3.90. The van der Waals surface area contributed by atoms with E-state index in [0.29, 0.717) is 16.1 Å². The SMILES string of the molecule is Cc1ccc(C(=O)CC(=O)c2sc(C)nc2C)cc1. The van der Waals surface area contributed by atoms with E-state index in [4.69, 9.17) is 0 Å². The average molecular weight is 273 g/mol. The smallest absolute Gasteiger partial charge is 0.182 e. The standard InChI is InChI=1S/C15H15NO2S/c1-9-4-6-12(7-5-9)13(17)8-14(18)15-10(2)16-11(3)19-15/h4-7H,8H2,1-3H3. The van der Waals surface area contributed by atoms with Gasteiger partial charge in [-0.1, -0.05) is 29.8 Å². The highest BCUT2D eigenvalue weighted by molar-refractivity contribution is 7.13. The largest absolute Gasteiger partial charge is 0.294 e. The molecule has 0 N–H and O–H groups in total. The van der Waals surface area contributed by atoms with Crippen LogP contribution in [-0.2, 0) is 0 Å². The van der Waals surface area contributed by atoms with Crippen molar-refractivity contribution in [2.75, 3.05) is 0 Å². The second-order valence-electron chi connectivity index (χ2n) is 4.54. The van der Waals surface area contributed by atoms with Gasteiger partial charge in [0.15, 0.2) is 11.6 Å². The third-order valence-corrected chi connectivity index (χ3v) is 3.97. The van der Waals surface area contributed by atoms with Gasteiger partial charge in [0.2, 0.25) is 0 Å². The first-order valence-corrected chi connectivity index (χ1v) is 6.86. The maximum Gasteiger partial charge on any atom is 0.182 e. The molecule has 0 amide bonds. The molecular weight excluding hydrogens is 258 g/mol. The summed E-state index contributed by atoms with van der Waals surface area (Å²) in [6.45, 7) is 5.62. The van der Waals surface area contributed by atoms with Crippen molar-refractivity contribution in [2.45, 2.75) is 27.2 Å². The van der Waals surface area contributed by atoms with Gasteiger partial charge in [0.1, 0.15) is 0 Å². The zero-order chi connectivity index (χ0) is 14.0. The van der Waals surface area contributed by atoms with Crippen molar-refractivity contribution < 1.29 is 9.59 Å². The quantitative estimate of drug-likeness (QED) is 0.632. The highest BCUT2D eigenvalue weighted by Crippen LogP contribution is 2.20. The van der Waals surface area contributed by atoms with Crippen molar-refractivity contribution >= 4 is 22.9 Å². The number of nitrogens with zero attached hydrogens (tertiary/aromatic N) is 1. The molecule has 0 saturated heterocycles. The van der Waals surface area contributed by atoms with Gasteiger partial charge in [-0.25, -0.2) is 4.98 Å². The van der Waals surface area contributed by atoms with Gasteiger partial charge in [-0.15, -0.1) is 11.3 Å². The second-order valence-corrected chi connectivity index (χ2v) is 5.74.